The molecule has 0 amide bonds. The molecular formula is C23H20N2SSi. The Bertz CT molecular complexity index is 1310. The Balaban J connectivity index is 1.86. The molecule has 0 aliphatic heterocycles. The molecule has 3 aromatic carbocycles. The van der Waals surface area contributed by atoms with Gasteiger partial charge in [-0.2, -0.15) is 0 Å². The molecule has 2 aromatic heterocycles. The van der Waals surface area contributed by atoms with E-state index in [0.29, 0.717) is 0 Å². The third-order valence-electron chi connectivity index (χ3n) is 5.10. The van der Waals surface area contributed by atoms with Crippen molar-refractivity contribution in [2.75, 3.05) is 0 Å². The van der Waals surface area contributed by atoms with Gasteiger partial charge in [0.25, 0.3) is 0 Å². The molecule has 0 aliphatic carbocycles. The number of hydrogen-bond donors (Lipinski definition) is 0. The summed E-state index contributed by atoms with van der Waals surface area (Å²) in [5, 5.41) is 5.37. The smallest absolute Gasteiger partial charge is 0.116 e. The SMILES string of the molecule is C[Si](C)(C)c1cc(-c2ncnc3c2sc2ccccc23)cc2ccccc12. The summed E-state index contributed by atoms with van der Waals surface area (Å²) in [6.07, 6.45) is 1.71. The Kier molecular flexibility index (Phi) is 3.67. The normalized spacial score (nSPS) is 12.3. The van der Waals surface area contributed by atoms with Crippen molar-refractivity contribution < 1.29 is 0 Å². The molecule has 5 rings (SSSR count). The van der Waals surface area contributed by atoms with Gasteiger partial charge >= 0.3 is 0 Å². The molecule has 0 fully saturated rings. The Morgan fingerprint density at radius 2 is 1.56 bits per heavy atom. The number of hydrogen-bond acceptors (Lipinski definition) is 3. The van der Waals surface area contributed by atoms with Crippen LogP contribution in [-0.4, -0.2) is 18.0 Å². The fourth-order valence-electron chi connectivity index (χ4n) is 3.80. The lowest BCUT2D eigenvalue weighted by atomic mass is 10.0. The van der Waals surface area contributed by atoms with Crippen LogP contribution >= 0.6 is 11.3 Å². The Morgan fingerprint density at radius 3 is 2.37 bits per heavy atom. The van der Waals surface area contributed by atoms with E-state index >= 15 is 0 Å². The lowest BCUT2D eigenvalue weighted by Crippen LogP contribution is -2.38. The summed E-state index contributed by atoms with van der Waals surface area (Å²) in [6, 6.07) is 21.9. The number of rotatable bonds is 2. The quantitative estimate of drug-likeness (QED) is 0.338. The zero-order chi connectivity index (χ0) is 18.6. The van der Waals surface area contributed by atoms with Gasteiger partial charge in [0.1, 0.15) is 6.33 Å². The van der Waals surface area contributed by atoms with Crippen molar-refractivity contribution in [2.24, 2.45) is 0 Å². The molecule has 5 aromatic rings. The first-order valence-corrected chi connectivity index (χ1v) is 13.5. The van der Waals surface area contributed by atoms with Gasteiger partial charge in [-0.25, -0.2) is 9.97 Å². The van der Waals surface area contributed by atoms with E-state index in [1.165, 1.54) is 36.3 Å². The molecule has 2 heterocycles. The molecule has 4 heteroatoms. The topological polar surface area (TPSA) is 25.8 Å². The van der Waals surface area contributed by atoms with Crippen LogP contribution in [0.5, 0.6) is 0 Å². The second-order valence-electron chi connectivity index (χ2n) is 7.99. The van der Waals surface area contributed by atoms with E-state index in [2.05, 4.69) is 85.3 Å². The van der Waals surface area contributed by atoms with Crippen LogP contribution in [0.2, 0.25) is 19.6 Å². The molecule has 0 bridgehead atoms. The lowest BCUT2D eigenvalue weighted by Gasteiger charge is -2.21. The fourth-order valence-corrected chi connectivity index (χ4v) is 6.59. The second kappa shape index (κ2) is 5.97. The van der Waals surface area contributed by atoms with Crippen LogP contribution in [-0.2, 0) is 0 Å². The number of nitrogens with zero attached hydrogens (tertiary/aromatic N) is 2. The van der Waals surface area contributed by atoms with E-state index in [4.69, 9.17) is 4.98 Å². The number of benzene rings is 3. The summed E-state index contributed by atoms with van der Waals surface area (Å²) >= 11 is 1.79. The van der Waals surface area contributed by atoms with Crippen molar-refractivity contribution >= 4 is 55.7 Å². The van der Waals surface area contributed by atoms with Crippen LogP contribution < -0.4 is 5.19 Å². The van der Waals surface area contributed by atoms with E-state index in [1.54, 1.807) is 17.7 Å². The van der Waals surface area contributed by atoms with Crippen molar-refractivity contribution in [3.05, 3.63) is 67.0 Å². The average molecular weight is 385 g/mol. The highest BCUT2D eigenvalue weighted by Gasteiger charge is 2.21. The van der Waals surface area contributed by atoms with Gasteiger partial charge in [-0.3, -0.25) is 0 Å². The van der Waals surface area contributed by atoms with Gasteiger partial charge in [0, 0.05) is 15.6 Å². The summed E-state index contributed by atoms with van der Waals surface area (Å²) in [7, 11) is -1.50. The van der Waals surface area contributed by atoms with Crippen LogP contribution in [0.4, 0.5) is 0 Å². The molecule has 0 radical (unpaired) electrons. The minimum absolute atomic E-state index is 1.05. The molecule has 27 heavy (non-hydrogen) atoms. The van der Waals surface area contributed by atoms with Crippen LogP contribution in [0.1, 0.15) is 0 Å². The van der Waals surface area contributed by atoms with Crippen molar-refractivity contribution in [1.29, 1.82) is 0 Å². The summed E-state index contributed by atoms with van der Waals surface area (Å²) in [6.45, 7) is 7.23. The van der Waals surface area contributed by atoms with E-state index in [1.807, 2.05) is 0 Å². The zero-order valence-electron chi connectivity index (χ0n) is 15.7. The van der Waals surface area contributed by atoms with Gasteiger partial charge in [0.15, 0.2) is 0 Å². The minimum Gasteiger partial charge on any atom is -0.235 e. The molecule has 2 nitrogen and oxygen atoms in total. The van der Waals surface area contributed by atoms with Gasteiger partial charge in [0.2, 0.25) is 0 Å². The highest BCUT2D eigenvalue weighted by atomic mass is 32.1. The highest BCUT2D eigenvalue weighted by Crippen LogP contribution is 2.37. The maximum absolute atomic E-state index is 4.72. The van der Waals surface area contributed by atoms with E-state index < -0.39 is 8.07 Å². The maximum atomic E-state index is 4.72. The molecule has 0 saturated heterocycles. The fraction of sp³-hybridized carbons (Fsp3) is 0.130. The molecule has 0 aliphatic rings. The molecule has 132 valence electrons. The predicted molar refractivity (Wildman–Crippen MR) is 121 cm³/mol. The van der Waals surface area contributed by atoms with Gasteiger partial charge in [-0.15, -0.1) is 11.3 Å². The highest BCUT2D eigenvalue weighted by molar-refractivity contribution is 7.26. The first kappa shape index (κ1) is 16.6. The van der Waals surface area contributed by atoms with Crippen molar-refractivity contribution in [3.8, 4) is 11.3 Å². The van der Waals surface area contributed by atoms with Crippen LogP contribution in [0.3, 0.4) is 0 Å². The lowest BCUT2D eigenvalue weighted by molar-refractivity contribution is 1.24. The molecule has 0 unspecified atom stereocenters. The Labute approximate surface area is 163 Å². The monoisotopic (exact) mass is 384 g/mol. The van der Waals surface area contributed by atoms with Gasteiger partial charge in [-0.1, -0.05) is 73.4 Å². The maximum Gasteiger partial charge on any atom is 0.116 e. The Morgan fingerprint density at radius 1 is 0.815 bits per heavy atom. The van der Waals surface area contributed by atoms with Gasteiger partial charge < -0.3 is 0 Å². The standard InChI is InChI=1S/C23H20N2SSi/c1-27(2,3)20-13-16(12-15-8-4-5-9-17(15)20)21-23-22(25-14-24-21)18-10-6-7-11-19(18)26-23/h4-14H,1-3H3. The van der Waals surface area contributed by atoms with Gasteiger partial charge in [0.05, 0.1) is 24.0 Å². The first-order chi connectivity index (χ1) is 13.0. The Hall–Kier alpha value is -2.56. The predicted octanol–water partition coefficient (Wildman–Crippen LogP) is 6.21. The molecule has 0 atom stereocenters. The molecule has 0 N–H and O–H groups in total. The third-order valence-corrected chi connectivity index (χ3v) is 8.30. The van der Waals surface area contributed by atoms with E-state index in [0.717, 1.165) is 11.2 Å². The van der Waals surface area contributed by atoms with Gasteiger partial charge in [-0.05, 0) is 22.9 Å². The average Bonchev–Trinajstić information content (AvgIpc) is 3.05. The number of fused-ring (bicyclic) bond motifs is 4. The number of thiophene rings is 1. The summed E-state index contributed by atoms with van der Waals surface area (Å²) in [5.74, 6) is 0. The van der Waals surface area contributed by atoms with Crippen LogP contribution in [0, 0.1) is 0 Å². The zero-order valence-corrected chi connectivity index (χ0v) is 17.5. The second-order valence-corrected chi connectivity index (χ2v) is 14.1. The molecule has 0 spiro atoms. The minimum atomic E-state index is -1.50. The van der Waals surface area contributed by atoms with Crippen LogP contribution in [0.15, 0.2) is 67.0 Å². The van der Waals surface area contributed by atoms with E-state index in [-0.39, 0.29) is 0 Å². The summed E-state index contributed by atoms with van der Waals surface area (Å²) < 4.78 is 2.44. The molecular weight excluding hydrogens is 364 g/mol. The number of aromatic nitrogens is 2. The van der Waals surface area contributed by atoms with Crippen molar-refractivity contribution in [3.63, 3.8) is 0 Å². The van der Waals surface area contributed by atoms with Crippen molar-refractivity contribution in [2.45, 2.75) is 19.6 Å². The summed E-state index contributed by atoms with van der Waals surface area (Å²) in [5.41, 5.74) is 3.31. The van der Waals surface area contributed by atoms with Crippen LogP contribution in [0.25, 0.3) is 42.3 Å². The van der Waals surface area contributed by atoms with E-state index in [9.17, 15) is 0 Å². The largest absolute Gasteiger partial charge is 0.235 e. The third kappa shape index (κ3) is 2.68. The van der Waals surface area contributed by atoms with Crippen molar-refractivity contribution in [1.82, 2.24) is 9.97 Å². The summed E-state index contributed by atoms with van der Waals surface area (Å²) in [4.78, 5) is 9.31. The molecule has 0 saturated carbocycles. The first-order valence-electron chi connectivity index (χ1n) is 9.18.